The van der Waals surface area contributed by atoms with E-state index in [-0.39, 0.29) is 4.47 Å². The van der Waals surface area contributed by atoms with Crippen LogP contribution in [0.15, 0.2) is 16.6 Å². The van der Waals surface area contributed by atoms with Crippen LogP contribution in [0.1, 0.15) is 10.4 Å². The summed E-state index contributed by atoms with van der Waals surface area (Å²) in [7, 11) is 0. The fourth-order valence-electron chi connectivity index (χ4n) is 0.853. The van der Waals surface area contributed by atoms with Gasteiger partial charge in [0.25, 0.3) is 5.78 Å². The fraction of sp³-hybridized carbons (Fsp3) is 0. The molecule has 0 spiro atoms. The summed E-state index contributed by atoms with van der Waals surface area (Å²) in [6.45, 7) is 0. The van der Waals surface area contributed by atoms with E-state index < -0.39 is 28.8 Å². The van der Waals surface area contributed by atoms with Crippen LogP contribution in [0.5, 0.6) is 11.5 Å². The van der Waals surface area contributed by atoms with Crippen LogP contribution < -0.4 is 0 Å². The minimum atomic E-state index is -1.69. The molecule has 0 heterocycles. The number of carboxylic acids is 1. The zero-order chi connectivity index (χ0) is 10.9. The Labute approximate surface area is 86.7 Å². The van der Waals surface area contributed by atoms with Crippen LogP contribution in [0, 0.1) is 0 Å². The number of phenolic OH excluding ortho intramolecular Hbond substituents is 2. The molecule has 0 aliphatic carbocycles. The van der Waals surface area contributed by atoms with Gasteiger partial charge in [-0.2, -0.15) is 0 Å². The van der Waals surface area contributed by atoms with Crippen molar-refractivity contribution < 1.29 is 24.9 Å². The molecule has 0 aliphatic heterocycles. The maximum Gasteiger partial charge on any atom is 0.377 e. The topological polar surface area (TPSA) is 94.8 Å². The van der Waals surface area contributed by atoms with Crippen LogP contribution in [0.4, 0.5) is 0 Å². The molecule has 0 aromatic heterocycles. The van der Waals surface area contributed by atoms with Crippen LogP contribution in [-0.2, 0) is 4.79 Å². The highest BCUT2D eigenvalue weighted by atomic mass is 79.9. The molecule has 0 bridgehead atoms. The third kappa shape index (κ3) is 1.69. The highest BCUT2D eigenvalue weighted by Crippen LogP contribution is 2.36. The molecule has 0 radical (unpaired) electrons. The lowest BCUT2D eigenvalue weighted by Crippen LogP contribution is -2.12. The minimum Gasteiger partial charge on any atom is -0.504 e. The monoisotopic (exact) mass is 260 g/mol. The SMILES string of the molecule is O=C(O)C(=O)c1ccc(Br)c(O)c1O. The smallest absolute Gasteiger partial charge is 0.377 e. The van der Waals surface area contributed by atoms with Gasteiger partial charge in [0.1, 0.15) is 0 Å². The summed E-state index contributed by atoms with van der Waals surface area (Å²) < 4.78 is 0.178. The lowest BCUT2D eigenvalue weighted by Gasteiger charge is -2.03. The average Bonchev–Trinajstić information content (AvgIpc) is 2.13. The Morgan fingerprint density at radius 2 is 1.71 bits per heavy atom. The number of phenols is 2. The van der Waals surface area contributed by atoms with Gasteiger partial charge in [-0.1, -0.05) is 0 Å². The van der Waals surface area contributed by atoms with E-state index in [2.05, 4.69) is 15.9 Å². The molecule has 0 saturated heterocycles. The largest absolute Gasteiger partial charge is 0.504 e. The molecule has 6 heteroatoms. The van der Waals surface area contributed by atoms with Crippen LogP contribution >= 0.6 is 15.9 Å². The van der Waals surface area contributed by atoms with Gasteiger partial charge in [0, 0.05) is 0 Å². The molecule has 0 atom stereocenters. The number of carbonyl (C=O) groups is 2. The predicted octanol–water partition coefficient (Wildman–Crippen LogP) is 1.13. The molecule has 74 valence electrons. The van der Waals surface area contributed by atoms with Crippen LogP contribution in [-0.4, -0.2) is 27.1 Å². The highest BCUT2D eigenvalue weighted by Gasteiger charge is 2.21. The van der Waals surface area contributed by atoms with E-state index in [1.54, 1.807) is 0 Å². The van der Waals surface area contributed by atoms with Crippen molar-refractivity contribution in [3.8, 4) is 11.5 Å². The quantitative estimate of drug-likeness (QED) is 0.421. The summed E-state index contributed by atoms with van der Waals surface area (Å²) in [6, 6.07) is 2.38. The average molecular weight is 261 g/mol. The van der Waals surface area contributed by atoms with Gasteiger partial charge >= 0.3 is 5.97 Å². The van der Waals surface area contributed by atoms with Crippen molar-refractivity contribution in [2.45, 2.75) is 0 Å². The van der Waals surface area contributed by atoms with Gasteiger partial charge in [-0.05, 0) is 28.1 Å². The molecule has 1 rings (SSSR count). The molecule has 1 aromatic rings. The summed E-state index contributed by atoms with van der Waals surface area (Å²) in [6.07, 6.45) is 0. The lowest BCUT2D eigenvalue weighted by atomic mass is 10.1. The van der Waals surface area contributed by atoms with Crippen molar-refractivity contribution in [2.24, 2.45) is 0 Å². The number of carbonyl (C=O) groups excluding carboxylic acids is 1. The summed E-state index contributed by atoms with van der Waals surface area (Å²) in [5.74, 6) is -4.27. The Kier molecular flexibility index (Phi) is 2.76. The predicted molar refractivity (Wildman–Crippen MR) is 49.4 cm³/mol. The summed E-state index contributed by atoms with van der Waals surface area (Å²) in [5.41, 5.74) is -0.446. The molecule has 0 saturated carbocycles. The number of carboxylic acid groups (broad SMARTS) is 1. The van der Waals surface area contributed by atoms with Gasteiger partial charge in [0.2, 0.25) is 0 Å². The minimum absolute atomic E-state index is 0.178. The van der Waals surface area contributed by atoms with Gasteiger partial charge < -0.3 is 15.3 Å². The van der Waals surface area contributed by atoms with Gasteiger partial charge in [0.05, 0.1) is 10.0 Å². The molecular formula is C8H5BrO5. The molecule has 0 fully saturated rings. The van der Waals surface area contributed by atoms with Crippen molar-refractivity contribution in [1.82, 2.24) is 0 Å². The Hall–Kier alpha value is -1.56. The number of ketones is 1. The van der Waals surface area contributed by atoms with Gasteiger partial charge in [-0.15, -0.1) is 0 Å². The number of rotatable bonds is 2. The summed E-state index contributed by atoms with van der Waals surface area (Å²) >= 11 is 2.90. The molecule has 14 heavy (non-hydrogen) atoms. The van der Waals surface area contributed by atoms with Gasteiger partial charge in [-0.3, -0.25) is 4.79 Å². The van der Waals surface area contributed by atoms with Crippen molar-refractivity contribution in [3.05, 3.63) is 22.2 Å². The van der Waals surface area contributed by atoms with E-state index in [1.807, 2.05) is 0 Å². The first-order valence-corrected chi connectivity index (χ1v) is 4.22. The molecule has 0 aliphatic rings. The van der Waals surface area contributed by atoms with E-state index >= 15 is 0 Å². The Bertz CT molecular complexity index is 412. The van der Waals surface area contributed by atoms with E-state index in [4.69, 9.17) is 5.11 Å². The number of Topliss-reactive ketones (excluding diaryl/α,β-unsaturated/α-hetero) is 1. The summed E-state index contributed by atoms with van der Waals surface area (Å²) in [5, 5.41) is 26.8. The van der Waals surface area contributed by atoms with Crippen molar-refractivity contribution in [3.63, 3.8) is 0 Å². The highest BCUT2D eigenvalue weighted by molar-refractivity contribution is 9.10. The van der Waals surface area contributed by atoms with E-state index in [0.29, 0.717) is 0 Å². The second-order valence-electron chi connectivity index (χ2n) is 2.43. The van der Waals surface area contributed by atoms with Gasteiger partial charge in [0.15, 0.2) is 11.5 Å². The maximum atomic E-state index is 10.9. The molecule has 5 nitrogen and oxygen atoms in total. The van der Waals surface area contributed by atoms with Crippen molar-refractivity contribution in [1.29, 1.82) is 0 Å². The lowest BCUT2D eigenvalue weighted by molar-refractivity contribution is -0.131. The first-order chi connectivity index (χ1) is 6.45. The second-order valence-corrected chi connectivity index (χ2v) is 3.28. The standard InChI is InChI=1S/C8H5BrO5/c9-4-2-1-3(5(10)7(4)12)6(11)8(13)14/h1-2,10,12H,(H,13,14). The number of halogens is 1. The van der Waals surface area contributed by atoms with Crippen LogP contribution in [0.3, 0.4) is 0 Å². The second kappa shape index (κ2) is 3.67. The fourth-order valence-corrected chi connectivity index (χ4v) is 1.17. The van der Waals surface area contributed by atoms with E-state index in [9.17, 15) is 19.8 Å². The number of aromatic hydroxyl groups is 2. The number of benzene rings is 1. The van der Waals surface area contributed by atoms with Crippen molar-refractivity contribution >= 4 is 27.7 Å². The van der Waals surface area contributed by atoms with E-state index in [0.717, 1.165) is 6.07 Å². The van der Waals surface area contributed by atoms with E-state index in [1.165, 1.54) is 6.07 Å². The number of hydrogen-bond acceptors (Lipinski definition) is 4. The molecule has 3 N–H and O–H groups in total. The third-order valence-corrected chi connectivity index (χ3v) is 2.18. The molecule has 0 amide bonds. The van der Waals surface area contributed by atoms with Crippen LogP contribution in [0.2, 0.25) is 0 Å². The molecular weight excluding hydrogens is 256 g/mol. The third-order valence-electron chi connectivity index (χ3n) is 1.54. The molecule has 0 unspecified atom stereocenters. The summed E-state index contributed by atoms with van der Waals surface area (Å²) in [4.78, 5) is 21.2. The van der Waals surface area contributed by atoms with Crippen LogP contribution in [0.25, 0.3) is 0 Å². The Morgan fingerprint density at radius 1 is 1.14 bits per heavy atom. The van der Waals surface area contributed by atoms with Crippen molar-refractivity contribution in [2.75, 3.05) is 0 Å². The zero-order valence-corrected chi connectivity index (χ0v) is 8.28. The Morgan fingerprint density at radius 3 is 2.21 bits per heavy atom. The van der Waals surface area contributed by atoms with Gasteiger partial charge in [-0.25, -0.2) is 4.79 Å². The first-order valence-electron chi connectivity index (χ1n) is 3.43. The Balaban J connectivity index is 3.31. The molecule has 1 aromatic carbocycles. The zero-order valence-electron chi connectivity index (χ0n) is 6.69. The normalized spacial score (nSPS) is 9.79. The number of hydrogen-bond donors (Lipinski definition) is 3. The maximum absolute atomic E-state index is 10.9. The number of aliphatic carboxylic acids is 1. The first kappa shape index (κ1) is 10.5.